The van der Waals surface area contributed by atoms with Crippen molar-refractivity contribution in [2.75, 3.05) is 26.9 Å². The Balaban J connectivity index is 0.0000112. The molecule has 5 heterocycles. The molecule has 0 radical (unpaired) electrons. The largest absolute Gasteiger partial charge is 2.00 e. The van der Waals surface area contributed by atoms with Crippen molar-refractivity contribution in [3.8, 4) is 0 Å². The van der Waals surface area contributed by atoms with E-state index in [2.05, 4.69) is 96.3 Å². The van der Waals surface area contributed by atoms with Crippen molar-refractivity contribution in [3.05, 3.63) is 87.0 Å². The Hall–Kier alpha value is -4.52. The normalized spacial score (nSPS) is 15.6. The van der Waals surface area contributed by atoms with Gasteiger partial charge >= 0.3 is 35.0 Å². The van der Waals surface area contributed by atoms with Gasteiger partial charge in [-0.15, -0.1) is 0 Å². The Bertz CT molecular complexity index is 2570. The summed E-state index contributed by atoms with van der Waals surface area (Å²) in [5.41, 5.74) is 13.0. The van der Waals surface area contributed by atoms with Gasteiger partial charge in [-0.3, -0.25) is 19.4 Å². The molecule has 3 aromatic heterocycles. The number of amides is 1. The first-order chi connectivity index (χ1) is 34.0. The number of carbonyl (C=O) groups is 3. The van der Waals surface area contributed by atoms with E-state index < -0.39 is 5.97 Å². The average molecular weight is 999 g/mol. The van der Waals surface area contributed by atoms with Crippen LogP contribution in [0.4, 0.5) is 0 Å². The number of esters is 2. The van der Waals surface area contributed by atoms with Gasteiger partial charge in [-0.05, 0) is 137 Å². The Morgan fingerprint density at radius 3 is 2.14 bits per heavy atom. The predicted octanol–water partition coefficient (Wildman–Crippen LogP) is 13.3. The van der Waals surface area contributed by atoms with Crippen LogP contribution in [0.2, 0.25) is 0 Å². The number of nitrogens with zero attached hydrogens (tertiary/aromatic N) is 2. The summed E-state index contributed by atoms with van der Waals surface area (Å²) in [6.45, 7) is 26.7. The van der Waals surface area contributed by atoms with E-state index in [1.807, 2.05) is 25.1 Å². The van der Waals surface area contributed by atoms with Gasteiger partial charge in [0.15, 0.2) is 0 Å². The van der Waals surface area contributed by atoms with Crippen molar-refractivity contribution in [3.63, 3.8) is 0 Å². The summed E-state index contributed by atoms with van der Waals surface area (Å²) in [4.78, 5) is 59.5. The number of hydrogen-bond donors (Lipinski definition) is 4. The van der Waals surface area contributed by atoms with Gasteiger partial charge in [0.05, 0.1) is 36.2 Å². The number of fused-ring (bicyclic) bond motifs is 8. The van der Waals surface area contributed by atoms with E-state index in [0.29, 0.717) is 65.5 Å². The third-order valence-corrected chi connectivity index (χ3v) is 15.1. The summed E-state index contributed by atoms with van der Waals surface area (Å²) < 4.78 is 11.2. The van der Waals surface area contributed by atoms with Crippen molar-refractivity contribution in [1.29, 1.82) is 0 Å². The second-order valence-corrected chi connectivity index (χ2v) is 21.1. The number of aliphatic hydroxyl groups excluding tert-OH is 1. The first-order valence-corrected chi connectivity index (χ1v) is 26.9. The third-order valence-electron chi connectivity index (χ3n) is 15.1. The molecule has 0 saturated carbocycles. The van der Waals surface area contributed by atoms with Gasteiger partial charge in [0.1, 0.15) is 6.61 Å². The van der Waals surface area contributed by atoms with Gasteiger partial charge in [0.2, 0.25) is 0 Å². The van der Waals surface area contributed by atoms with Crippen molar-refractivity contribution in [2.45, 2.75) is 184 Å². The molecular weight excluding hydrogens is 911 g/mol. The molecule has 72 heavy (non-hydrogen) atoms. The van der Waals surface area contributed by atoms with Gasteiger partial charge < -0.3 is 29.9 Å². The number of rotatable bonds is 27. The maximum atomic E-state index is 14.4. The molecule has 12 heteroatoms. The van der Waals surface area contributed by atoms with Crippen LogP contribution in [0.5, 0.6) is 0 Å². The van der Waals surface area contributed by atoms with Gasteiger partial charge in [-0.2, -0.15) is 0 Å². The van der Waals surface area contributed by atoms with Crippen molar-refractivity contribution < 1.29 is 29.0 Å². The zero-order chi connectivity index (χ0) is 51.8. The van der Waals surface area contributed by atoms with E-state index in [0.717, 1.165) is 87.5 Å². The summed E-state index contributed by atoms with van der Waals surface area (Å²) in [5.74, 6) is 0.694. The summed E-state index contributed by atoms with van der Waals surface area (Å²) in [5, 5.41) is 12.5. The molecule has 4 unspecified atom stereocenters. The smallest absolute Gasteiger partial charge is 0.469 e. The molecule has 0 aromatic carbocycles. The monoisotopic (exact) mass is 998 g/mol. The molecule has 11 nitrogen and oxygen atoms in total. The number of ether oxygens (including phenoxy) is 2. The van der Waals surface area contributed by atoms with Crippen LogP contribution in [0.3, 0.4) is 0 Å². The van der Waals surface area contributed by atoms with Crippen LogP contribution in [0.15, 0.2) is 36.4 Å². The Morgan fingerprint density at radius 1 is 0.819 bits per heavy atom. The maximum absolute atomic E-state index is 14.4. The van der Waals surface area contributed by atoms with Crippen LogP contribution in [-0.2, 0) is 36.7 Å². The van der Waals surface area contributed by atoms with Crippen LogP contribution >= 0.6 is 0 Å². The molecule has 1 amide bonds. The average Bonchev–Trinajstić information content (AvgIpc) is 4.02. The first kappa shape index (κ1) is 60.0. The minimum atomic E-state index is -0.495. The second-order valence-electron chi connectivity index (χ2n) is 21.1. The molecule has 5 rings (SSSR count). The van der Waals surface area contributed by atoms with Crippen LogP contribution in [-0.4, -0.2) is 92.8 Å². The van der Waals surface area contributed by atoms with Crippen molar-refractivity contribution in [2.24, 2.45) is 17.8 Å². The van der Waals surface area contributed by atoms with E-state index in [1.165, 1.54) is 57.6 Å². The fraction of sp³-hybridized carbons (Fsp3) is 0.583. The minimum Gasteiger partial charge on any atom is -0.469 e. The quantitative estimate of drug-likeness (QED) is 0.0254. The molecule has 4 atom stereocenters. The van der Waals surface area contributed by atoms with E-state index in [9.17, 15) is 19.5 Å². The van der Waals surface area contributed by atoms with Crippen LogP contribution in [0.25, 0.3) is 39.3 Å². The summed E-state index contributed by atoms with van der Waals surface area (Å²) in [6, 6.07) is 6.17. The number of H-pyrrole nitrogens is 2. The van der Waals surface area contributed by atoms with Crippen LogP contribution in [0, 0.1) is 31.6 Å². The number of nitrogens with one attached hydrogen (secondary N) is 3. The number of allylic oxidation sites excluding steroid dienone is 2. The Morgan fingerprint density at radius 2 is 1.49 bits per heavy atom. The zero-order valence-corrected chi connectivity index (χ0v) is 47.4. The van der Waals surface area contributed by atoms with Gasteiger partial charge in [0.25, 0.3) is 5.91 Å². The van der Waals surface area contributed by atoms with E-state index >= 15 is 0 Å². The molecule has 2 aliphatic rings. The number of carbonyl (C=O) groups excluding carboxylic acids is 3. The molecule has 0 aliphatic carbocycles. The molecule has 3 aromatic rings. The molecule has 0 spiro atoms. The van der Waals surface area contributed by atoms with Gasteiger partial charge in [-0.25, -0.2) is 4.98 Å². The Labute approximate surface area is 447 Å². The standard InChI is InChI=1S/C60H87N5O6.Mg/c1-13-45-41(8)49-34-51-43(10)47(27-28-55(67)71-32-29-40(7)26-20-25-39(6)24-19-23-38(5)22-18-21-37(3)4)58(64-51)48(33-56(68)70-12)59-57(60(69)61-30-16-15-17-31-66)44(11)52(65-59)36-54-46(14-2)42(9)50(63-54)35-53(45)62-49;/h13,29,34-39,43,47,62-63,66H,1,14-28,30-33H2,2-12H3,(H,61,69);/q;+2. The fourth-order valence-corrected chi connectivity index (χ4v) is 10.5. The number of unbranched alkanes of at least 4 members (excludes halogenated alkanes) is 2. The zero-order valence-electron chi connectivity index (χ0n) is 46.0. The van der Waals surface area contributed by atoms with Crippen molar-refractivity contribution in [1.82, 2.24) is 25.3 Å². The topological polar surface area (TPSA) is 159 Å². The number of aryl methyl sites for hydroxylation is 3. The second kappa shape index (κ2) is 29.4. The number of methoxy groups -OCH3 is 1. The third kappa shape index (κ3) is 16.2. The summed E-state index contributed by atoms with van der Waals surface area (Å²) in [6.07, 6.45) is 18.4. The number of aromatic nitrogens is 4. The van der Waals surface area contributed by atoms with E-state index in [1.54, 1.807) is 0 Å². The van der Waals surface area contributed by atoms with Crippen LogP contribution < -0.4 is 5.32 Å². The molecule has 2 aliphatic heterocycles. The van der Waals surface area contributed by atoms with Gasteiger partial charge in [-0.1, -0.05) is 105 Å². The Kier molecular flexibility index (Phi) is 24.5. The molecule has 0 saturated heterocycles. The SMILES string of the molecule is C=Cc1c(C)c2cc3nc(c(CC(=O)OC)c4nc(cc5[nH]c(cc1[nH]2)c(C)c5CC)C(C)=C4C(=O)NCCCCCO)C(CCC(=O)OCC=C(C)CCCC(C)CCCC(C)CCCC(C)C)C3C.[Mg+2]. The molecular formula is C60H87MgN5O6+2. The number of aliphatic hydroxyl groups is 1. The van der Waals surface area contributed by atoms with E-state index in [-0.39, 0.29) is 72.8 Å². The first-order valence-electron chi connectivity index (χ1n) is 26.9. The minimum absolute atomic E-state index is 0. The molecule has 4 N–H and O–H groups in total. The van der Waals surface area contributed by atoms with E-state index in [4.69, 9.17) is 19.4 Å². The predicted molar refractivity (Wildman–Crippen MR) is 298 cm³/mol. The summed E-state index contributed by atoms with van der Waals surface area (Å²) in [7, 11) is 1.35. The number of hydrogen-bond acceptors (Lipinski definition) is 8. The number of aromatic amines is 2. The van der Waals surface area contributed by atoms with Crippen molar-refractivity contribution >= 4 is 80.2 Å². The molecule has 0 fully saturated rings. The maximum Gasteiger partial charge on any atom is 2.00 e. The van der Waals surface area contributed by atoms with Crippen LogP contribution in [0.1, 0.15) is 208 Å². The summed E-state index contributed by atoms with van der Waals surface area (Å²) >= 11 is 0. The van der Waals surface area contributed by atoms with Gasteiger partial charge in [0, 0.05) is 70.3 Å². The molecule has 388 valence electrons. The molecule has 8 bridgehead atoms. The fourth-order valence-electron chi connectivity index (χ4n) is 10.5.